The number of aryl methyl sites for hydroxylation is 1. The number of amides is 1. The van der Waals surface area contributed by atoms with E-state index in [1.165, 1.54) is 16.2 Å². The minimum atomic E-state index is -0.370. The van der Waals surface area contributed by atoms with Gasteiger partial charge in [0.1, 0.15) is 11.6 Å². The molecular formula is C9H11NO3S. The normalized spacial score (nSPS) is 21.4. The van der Waals surface area contributed by atoms with Crippen LogP contribution in [0.2, 0.25) is 0 Å². The number of cyclic esters (lactones) is 1. The lowest BCUT2D eigenvalue weighted by molar-refractivity contribution is 0.174. The third kappa shape index (κ3) is 1.49. The molecule has 0 bridgehead atoms. The van der Waals surface area contributed by atoms with Crippen molar-refractivity contribution in [2.75, 3.05) is 18.1 Å². The smallest absolute Gasteiger partial charge is 0.415 e. The molecule has 1 N–H and O–H groups in total. The van der Waals surface area contributed by atoms with Gasteiger partial charge in [-0.1, -0.05) is 0 Å². The second-order valence-electron chi connectivity index (χ2n) is 3.17. The zero-order valence-corrected chi connectivity index (χ0v) is 8.58. The largest absolute Gasteiger partial charge is 0.447 e. The molecule has 1 fully saturated rings. The van der Waals surface area contributed by atoms with E-state index in [1.54, 1.807) is 0 Å². The Kier molecular flexibility index (Phi) is 2.43. The molecule has 1 aliphatic heterocycles. The highest BCUT2D eigenvalue weighted by Gasteiger charge is 2.34. The van der Waals surface area contributed by atoms with Gasteiger partial charge in [-0.15, -0.1) is 11.3 Å². The summed E-state index contributed by atoms with van der Waals surface area (Å²) in [7, 11) is 0. The third-order valence-electron chi connectivity index (χ3n) is 2.14. The molecule has 1 amide bonds. The molecule has 4 nitrogen and oxygen atoms in total. The van der Waals surface area contributed by atoms with Crippen molar-refractivity contribution in [3.05, 3.63) is 17.0 Å². The summed E-state index contributed by atoms with van der Waals surface area (Å²) in [4.78, 5) is 14.0. The van der Waals surface area contributed by atoms with E-state index in [0.717, 1.165) is 9.88 Å². The second kappa shape index (κ2) is 3.59. The molecule has 5 heteroatoms. The van der Waals surface area contributed by atoms with Crippen LogP contribution >= 0.6 is 11.3 Å². The zero-order chi connectivity index (χ0) is 10.1. The molecule has 1 atom stereocenters. The average Bonchev–Trinajstić information content (AvgIpc) is 2.71. The fourth-order valence-corrected chi connectivity index (χ4v) is 2.34. The number of thiophene rings is 1. The van der Waals surface area contributed by atoms with Crippen LogP contribution in [0.5, 0.6) is 0 Å². The molecule has 1 aromatic heterocycles. The van der Waals surface area contributed by atoms with Crippen LogP contribution in [0.25, 0.3) is 0 Å². The Morgan fingerprint density at radius 3 is 3.07 bits per heavy atom. The summed E-state index contributed by atoms with van der Waals surface area (Å²) in [5.41, 5.74) is 0. The SMILES string of the molecule is Cc1ccc(N2C(=O)OCC2CO)s1. The Morgan fingerprint density at radius 2 is 2.50 bits per heavy atom. The van der Waals surface area contributed by atoms with E-state index >= 15 is 0 Å². The van der Waals surface area contributed by atoms with Crippen LogP contribution in [0.4, 0.5) is 9.80 Å². The average molecular weight is 213 g/mol. The first-order valence-electron chi connectivity index (χ1n) is 4.35. The molecule has 2 heterocycles. The maximum Gasteiger partial charge on any atom is 0.415 e. The number of carbonyl (C=O) groups is 1. The van der Waals surface area contributed by atoms with Crippen molar-refractivity contribution in [3.8, 4) is 0 Å². The predicted octanol–water partition coefficient (Wildman–Crippen LogP) is 1.37. The van der Waals surface area contributed by atoms with Gasteiger partial charge < -0.3 is 9.84 Å². The van der Waals surface area contributed by atoms with E-state index in [0.29, 0.717) is 0 Å². The molecule has 2 rings (SSSR count). The Labute approximate surface area is 85.7 Å². The molecular weight excluding hydrogens is 202 g/mol. The van der Waals surface area contributed by atoms with Crippen molar-refractivity contribution in [3.63, 3.8) is 0 Å². The van der Waals surface area contributed by atoms with Crippen LogP contribution in [0.3, 0.4) is 0 Å². The van der Waals surface area contributed by atoms with Crippen LogP contribution < -0.4 is 4.90 Å². The van der Waals surface area contributed by atoms with Gasteiger partial charge >= 0.3 is 6.09 Å². The number of carbonyl (C=O) groups excluding carboxylic acids is 1. The summed E-state index contributed by atoms with van der Waals surface area (Å²) in [6.45, 7) is 2.18. The first-order valence-corrected chi connectivity index (χ1v) is 5.17. The maximum atomic E-state index is 11.4. The van der Waals surface area contributed by atoms with E-state index in [9.17, 15) is 4.79 Å². The monoisotopic (exact) mass is 213 g/mol. The van der Waals surface area contributed by atoms with Crippen LogP contribution in [-0.2, 0) is 4.74 Å². The number of nitrogens with zero attached hydrogens (tertiary/aromatic N) is 1. The van der Waals surface area contributed by atoms with E-state index in [-0.39, 0.29) is 25.3 Å². The van der Waals surface area contributed by atoms with Crippen molar-refractivity contribution in [2.45, 2.75) is 13.0 Å². The van der Waals surface area contributed by atoms with Crippen molar-refractivity contribution in [1.82, 2.24) is 0 Å². The number of hydrogen-bond donors (Lipinski definition) is 1. The topological polar surface area (TPSA) is 49.8 Å². The second-order valence-corrected chi connectivity index (χ2v) is 4.43. The summed E-state index contributed by atoms with van der Waals surface area (Å²) in [5, 5.41) is 9.89. The van der Waals surface area contributed by atoms with E-state index in [2.05, 4.69) is 0 Å². The van der Waals surface area contributed by atoms with Gasteiger partial charge in [0.2, 0.25) is 0 Å². The molecule has 1 aliphatic rings. The molecule has 1 saturated heterocycles. The van der Waals surface area contributed by atoms with Gasteiger partial charge in [-0.25, -0.2) is 4.79 Å². The Hall–Kier alpha value is -1.07. The minimum Gasteiger partial charge on any atom is -0.447 e. The lowest BCUT2D eigenvalue weighted by Gasteiger charge is -2.16. The highest BCUT2D eigenvalue weighted by atomic mass is 32.1. The van der Waals surface area contributed by atoms with E-state index in [1.807, 2.05) is 19.1 Å². The van der Waals surface area contributed by atoms with E-state index < -0.39 is 0 Å². The van der Waals surface area contributed by atoms with Crippen molar-refractivity contribution in [1.29, 1.82) is 0 Å². The quantitative estimate of drug-likeness (QED) is 0.807. The molecule has 1 unspecified atom stereocenters. The van der Waals surface area contributed by atoms with Gasteiger partial charge in [0, 0.05) is 4.88 Å². The first kappa shape index (κ1) is 9.48. The highest BCUT2D eigenvalue weighted by molar-refractivity contribution is 7.16. The van der Waals surface area contributed by atoms with Gasteiger partial charge in [0.25, 0.3) is 0 Å². The predicted molar refractivity (Wildman–Crippen MR) is 53.8 cm³/mol. The van der Waals surface area contributed by atoms with Gasteiger partial charge in [0.15, 0.2) is 0 Å². The van der Waals surface area contributed by atoms with Crippen molar-refractivity contribution >= 4 is 22.4 Å². The highest BCUT2D eigenvalue weighted by Crippen LogP contribution is 2.30. The summed E-state index contributed by atoms with van der Waals surface area (Å²) in [6.07, 6.45) is -0.370. The standard InChI is InChI=1S/C9H11NO3S/c1-6-2-3-8(14-6)10-7(4-11)5-13-9(10)12/h2-3,7,11H,4-5H2,1H3. The summed E-state index contributed by atoms with van der Waals surface area (Å²) >= 11 is 1.52. The molecule has 0 spiro atoms. The summed E-state index contributed by atoms with van der Waals surface area (Å²) in [6, 6.07) is 3.58. The van der Waals surface area contributed by atoms with Gasteiger partial charge in [-0.3, -0.25) is 4.90 Å². The number of anilines is 1. The molecule has 76 valence electrons. The number of hydrogen-bond acceptors (Lipinski definition) is 4. The molecule has 0 radical (unpaired) electrons. The van der Waals surface area contributed by atoms with Gasteiger partial charge in [-0.05, 0) is 19.1 Å². The summed E-state index contributed by atoms with van der Waals surface area (Å²) in [5.74, 6) is 0. The Morgan fingerprint density at radius 1 is 1.71 bits per heavy atom. The number of aliphatic hydroxyl groups is 1. The van der Waals surface area contributed by atoms with Gasteiger partial charge in [-0.2, -0.15) is 0 Å². The number of ether oxygens (including phenoxy) is 1. The van der Waals surface area contributed by atoms with Crippen molar-refractivity contribution in [2.24, 2.45) is 0 Å². The fourth-order valence-electron chi connectivity index (χ4n) is 1.42. The maximum absolute atomic E-state index is 11.4. The number of aliphatic hydroxyl groups excluding tert-OH is 1. The van der Waals surface area contributed by atoms with E-state index in [4.69, 9.17) is 9.84 Å². The third-order valence-corrected chi connectivity index (χ3v) is 3.14. The molecule has 0 aliphatic carbocycles. The molecule has 0 saturated carbocycles. The van der Waals surface area contributed by atoms with Crippen LogP contribution in [0, 0.1) is 6.92 Å². The molecule has 1 aromatic rings. The van der Waals surface area contributed by atoms with Crippen LogP contribution in [0.1, 0.15) is 4.88 Å². The Bertz CT molecular complexity index is 350. The first-order chi connectivity index (χ1) is 6.72. The Balaban J connectivity index is 2.27. The number of rotatable bonds is 2. The van der Waals surface area contributed by atoms with Crippen molar-refractivity contribution < 1.29 is 14.6 Å². The lowest BCUT2D eigenvalue weighted by Crippen LogP contribution is -2.35. The van der Waals surface area contributed by atoms with Crippen LogP contribution in [0.15, 0.2) is 12.1 Å². The fraction of sp³-hybridized carbons (Fsp3) is 0.444. The minimum absolute atomic E-state index is 0.0668. The lowest BCUT2D eigenvalue weighted by atomic mass is 10.3. The zero-order valence-electron chi connectivity index (χ0n) is 7.77. The van der Waals surface area contributed by atoms with Crippen LogP contribution in [-0.4, -0.2) is 30.5 Å². The van der Waals surface area contributed by atoms with Gasteiger partial charge in [0.05, 0.1) is 12.6 Å². The molecule has 14 heavy (non-hydrogen) atoms. The summed E-state index contributed by atoms with van der Waals surface area (Å²) < 4.78 is 4.87. The molecule has 0 aromatic carbocycles.